The van der Waals surface area contributed by atoms with E-state index >= 15 is 0 Å². The number of carbonyl (C=O) groups excluding carboxylic acids is 1. The summed E-state index contributed by atoms with van der Waals surface area (Å²) in [7, 11) is 0. The molecule has 0 saturated heterocycles. The van der Waals surface area contributed by atoms with Gasteiger partial charge in [0.25, 0.3) is 11.5 Å². The van der Waals surface area contributed by atoms with E-state index in [9.17, 15) is 9.59 Å². The molecule has 34 heavy (non-hydrogen) atoms. The smallest absolute Gasteiger partial charge is 0.299 e. The Morgan fingerprint density at radius 2 is 1.79 bits per heavy atom. The molecule has 0 bridgehead atoms. The van der Waals surface area contributed by atoms with Gasteiger partial charge in [0.05, 0.1) is 19.4 Å². The van der Waals surface area contributed by atoms with Crippen molar-refractivity contribution in [2.45, 2.75) is 6.42 Å². The fourth-order valence-corrected chi connectivity index (χ4v) is 3.88. The first-order valence-corrected chi connectivity index (χ1v) is 10.7. The highest BCUT2D eigenvalue weighted by Crippen LogP contribution is 2.30. The number of aromatic nitrogens is 5. The first-order valence-electron chi connectivity index (χ1n) is 10.7. The van der Waals surface area contributed by atoms with Crippen molar-refractivity contribution >= 4 is 22.6 Å². The molecule has 1 amide bonds. The van der Waals surface area contributed by atoms with Crippen LogP contribution in [0.2, 0.25) is 0 Å². The Morgan fingerprint density at radius 1 is 0.971 bits per heavy atom. The van der Waals surface area contributed by atoms with Gasteiger partial charge in [-0.15, -0.1) is 10.2 Å². The second kappa shape index (κ2) is 8.00. The van der Waals surface area contributed by atoms with Crippen molar-refractivity contribution in [3.8, 4) is 22.6 Å². The molecule has 0 spiro atoms. The number of hydrogen-bond acceptors (Lipinski definition) is 7. The van der Waals surface area contributed by atoms with Gasteiger partial charge in [0.15, 0.2) is 22.7 Å². The molecule has 0 fully saturated rings. The fourth-order valence-electron chi connectivity index (χ4n) is 3.88. The Labute approximate surface area is 192 Å². The number of amides is 1. The van der Waals surface area contributed by atoms with Crippen molar-refractivity contribution in [3.05, 3.63) is 82.9 Å². The predicted molar refractivity (Wildman–Crippen MR) is 124 cm³/mol. The minimum absolute atomic E-state index is 0.0803. The maximum atomic E-state index is 13.1. The molecule has 1 aliphatic heterocycles. The van der Waals surface area contributed by atoms with Crippen molar-refractivity contribution < 1.29 is 14.3 Å². The lowest BCUT2D eigenvalue weighted by atomic mass is 10.1. The summed E-state index contributed by atoms with van der Waals surface area (Å²) in [4.78, 5) is 25.9. The van der Waals surface area contributed by atoms with Crippen molar-refractivity contribution in [1.29, 1.82) is 0 Å². The number of fused-ring (bicyclic) bond motifs is 4. The Bertz CT molecular complexity index is 1610. The Balaban J connectivity index is 1.34. The van der Waals surface area contributed by atoms with Crippen LogP contribution in [0.3, 0.4) is 0 Å². The summed E-state index contributed by atoms with van der Waals surface area (Å²) in [5, 5.41) is 12.8. The van der Waals surface area contributed by atoms with Crippen molar-refractivity contribution in [2.75, 3.05) is 18.6 Å². The molecule has 0 radical (unpaired) electrons. The Morgan fingerprint density at radius 3 is 2.65 bits per heavy atom. The molecule has 1 N–H and O–H groups in total. The number of nitrogens with one attached hydrogen (secondary N) is 1. The molecule has 10 nitrogen and oxygen atoms in total. The zero-order valence-corrected chi connectivity index (χ0v) is 17.8. The standard InChI is InChI=1S/C24H18N6O4/c31-23(16-7-8-19-20(13-16)34-12-4-11-33-19)28-29-10-9-18-21(24(29)32)26-27-22-17(14-25-30(18)22)15-5-2-1-3-6-15/h1-3,5-10,13-14H,4,11-12H2,(H,28,31). The molecular weight excluding hydrogens is 436 g/mol. The fraction of sp³-hybridized carbons (Fsp3) is 0.125. The molecule has 6 rings (SSSR count). The van der Waals surface area contributed by atoms with Gasteiger partial charge >= 0.3 is 0 Å². The van der Waals surface area contributed by atoms with Crippen molar-refractivity contribution in [3.63, 3.8) is 0 Å². The highest BCUT2D eigenvalue weighted by Gasteiger charge is 2.17. The van der Waals surface area contributed by atoms with Gasteiger partial charge in [0.2, 0.25) is 0 Å². The summed E-state index contributed by atoms with van der Waals surface area (Å²) in [6.45, 7) is 1.07. The number of benzene rings is 2. The van der Waals surface area contributed by atoms with E-state index in [4.69, 9.17) is 9.47 Å². The lowest BCUT2D eigenvalue weighted by Crippen LogP contribution is -2.33. The molecule has 1 aliphatic rings. The largest absolute Gasteiger partial charge is 0.490 e. The molecule has 0 atom stereocenters. The van der Waals surface area contributed by atoms with Crippen LogP contribution in [0.1, 0.15) is 16.8 Å². The summed E-state index contributed by atoms with van der Waals surface area (Å²) in [5.74, 6) is 0.610. The summed E-state index contributed by atoms with van der Waals surface area (Å²) in [6.07, 6.45) is 3.92. The van der Waals surface area contributed by atoms with Gasteiger partial charge in [-0.05, 0) is 29.8 Å². The maximum absolute atomic E-state index is 13.1. The van der Waals surface area contributed by atoms with Crippen LogP contribution in [-0.2, 0) is 0 Å². The first kappa shape index (κ1) is 19.9. The minimum Gasteiger partial charge on any atom is -0.490 e. The Kier molecular flexibility index (Phi) is 4.69. The monoisotopic (exact) mass is 454 g/mol. The van der Waals surface area contributed by atoms with Gasteiger partial charge in [-0.1, -0.05) is 30.3 Å². The third-order valence-electron chi connectivity index (χ3n) is 5.58. The first-order chi connectivity index (χ1) is 16.7. The molecule has 3 aromatic heterocycles. The van der Waals surface area contributed by atoms with Gasteiger partial charge in [0.1, 0.15) is 5.52 Å². The molecular formula is C24H18N6O4. The quantitative estimate of drug-likeness (QED) is 0.446. The van der Waals surface area contributed by atoms with Crippen LogP contribution < -0.4 is 20.5 Å². The number of ether oxygens (including phenoxy) is 2. The SMILES string of the molecule is O=C(Nn1ccc2c(nnc3c(-c4ccccc4)cnn32)c1=O)c1ccc2c(c1)OCCCO2. The topological polar surface area (TPSA) is 113 Å². The molecule has 168 valence electrons. The number of hydrogen-bond donors (Lipinski definition) is 1. The van der Waals surface area contributed by atoms with Crippen LogP contribution in [0.4, 0.5) is 0 Å². The minimum atomic E-state index is -0.522. The second-order valence-electron chi connectivity index (χ2n) is 7.74. The van der Waals surface area contributed by atoms with Gasteiger partial charge in [-0.2, -0.15) is 5.10 Å². The third-order valence-corrected chi connectivity index (χ3v) is 5.58. The molecule has 10 heteroatoms. The van der Waals surface area contributed by atoms with E-state index in [1.807, 2.05) is 30.3 Å². The normalized spacial score (nSPS) is 13.1. The molecule has 0 saturated carbocycles. The van der Waals surface area contributed by atoms with E-state index < -0.39 is 11.5 Å². The summed E-state index contributed by atoms with van der Waals surface area (Å²) in [5.41, 5.74) is 5.25. The van der Waals surface area contributed by atoms with Crippen LogP contribution in [0.25, 0.3) is 27.8 Å². The van der Waals surface area contributed by atoms with Gasteiger partial charge in [-0.3, -0.25) is 15.0 Å². The highest BCUT2D eigenvalue weighted by molar-refractivity contribution is 6.00. The summed E-state index contributed by atoms with van der Waals surface area (Å²) in [6, 6.07) is 16.3. The van der Waals surface area contributed by atoms with Gasteiger partial charge < -0.3 is 9.47 Å². The van der Waals surface area contributed by atoms with Gasteiger partial charge in [-0.25, -0.2) is 9.19 Å². The van der Waals surface area contributed by atoms with E-state index in [1.54, 1.807) is 35.0 Å². The van der Waals surface area contributed by atoms with Crippen LogP contribution in [-0.4, -0.2) is 43.6 Å². The predicted octanol–water partition coefficient (Wildman–Crippen LogP) is 2.65. The second-order valence-corrected chi connectivity index (χ2v) is 7.74. The lowest BCUT2D eigenvalue weighted by Gasteiger charge is -2.11. The molecule has 4 heterocycles. The van der Waals surface area contributed by atoms with E-state index in [0.29, 0.717) is 41.4 Å². The molecule has 0 unspecified atom stereocenters. The summed E-state index contributed by atoms with van der Waals surface area (Å²) < 4.78 is 13.9. The summed E-state index contributed by atoms with van der Waals surface area (Å²) >= 11 is 0. The van der Waals surface area contributed by atoms with E-state index in [0.717, 1.165) is 22.2 Å². The maximum Gasteiger partial charge on any atom is 0.299 e. The molecule has 2 aromatic carbocycles. The number of nitrogens with zero attached hydrogens (tertiary/aromatic N) is 5. The van der Waals surface area contributed by atoms with Crippen LogP contribution in [0.5, 0.6) is 11.5 Å². The zero-order valence-electron chi connectivity index (χ0n) is 17.8. The average Bonchev–Trinajstić information content (AvgIpc) is 3.17. The Hall–Kier alpha value is -4.73. The van der Waals surface area contributed by atoms with E-state index in [2.05, 4.69) is 20.7 Å². The molecule has 0 aliphatic carbocycles. The van der Waals surface area contributed by atoms with Crippen LogP contribution in [0, 0.1) is 0 Å². The van der Waals surface area contributed by atoms with E-state index in [-0.39, 0.29) is 5.52 Å². The van der Waals surface area contributed by atoms with Gasteiger partial charge in [0, 0.05) is 23.7 Å². The highest BCUT2D eigenvalue weighted by atomic mass is 16.5. The van der Waals surface area contributed by atoms with Crippen molar-refractivity contribution in [2.24, 2.45) is 0 Å². The third kappa shape index (κ3) is 3.32. The van der Waals surface area contributed by atoms with Crippen LogP contribution >= 0.6 is 0 Å². The number of carbonyl (C=O) groups is 1. The number of rotatable bonds is 3. The zero-order chi connectivity index (χ0) is 23.1. The lowest BCUT2D eigenvalue weighted by molar-refractivity contribution is 0.101. The van der Waals surface area contributed by atoms with Crippen LogP contribution in [0.15, 0.2) is 71.8 Å². The number of pyridine rings is 1. The van der Waals surface area contributed by atoms with E-state index in [1.165, 1.54) is 6.20 Å². The average molecular weight is 454 g/mol. The van der Waals surface area contributed by atoms with Crippen molar-refractivity contribution in [1.82, 2.24) is 24.5 Å². The molecule has 5 aromatic rings.